The molecule has 11 nitrogen and oxygen atoms in total. The van der Waals surface area contributed by atoms with E-state index in [1.807, 2.05) is 24.3 Å². The minimum atomic E-state index is -0.388. The summed E-state index contributed by atoms with van der Waals surface area (Å²) in [5, 5.41) is 12.9. The Morgan fingerprint density at radius 2 is 1.95 bits per heavy atom. The SMILES string of the molecule is CC(=O)Nc1ccc(-c2ccccc2CCc2nc(NC3CC3)n3ncc(/C=C4\CC(=O)NC4=O)c3n2)cn1. The van der Waals surface area contributed by atoms with Crippen LogP contribution in [0.3, 0.4) is 0 Å². The molecule has 1 aliphatic heterocycles. The van der Waals surface area contributed by atoms with Gasteiger partial charge in [0.2, 0.25) is 17.8 Å². The second-order valence-electron chi connectivity index (χ2n) is 9.71. The highest BCUT2D eigenvalue weighted by atomic mass is 16.2. The third-order valence-electron chi connectivity index (χ3n) is 6.59. The van der Waals surface area contributed by atoms with E-state index in [-0.39, 0.29) is 24.1 Å². The van der Waals surface area contributed by atoms with E-state index in [0.717, 1.165) is 29.5 Å². The van der Waals surface area contributed by atoms with Crippen molar-refractivity contribution in [3.8, 4) is 11.1 Å². The van der Waals surface area contributed by atoms with Gasteiger partial charge >= 0.3 is 0 Å². The number of imide groups is 1. The van der Waals surface area contributed by atoms with Crippen molar-refractivity contribution in [2.75, 3.05) is 10.6 Å². The average Bonchev–Trinajstić information content (AvgIpc) is 3.55. The minimum absolute atomic E-state index is 0.0404. The molecule has 1 aromatic carbocycles. The number of aryl methyl sites for hydroxylation is 2. The van der Waals surface area contributed by atoms with Gasteiger partial charge in [-0.05, 0) is 48.6 Å². The standard InChI is InChI=1S/C28H26N8O3/c1-16(37)31-23-10-7-18(14-29-23)22-5-3-2-4-17(22)6-11-24-33-26-20(12-19-13-25(38)35-27(19)39)15-30-36(26)28(34-24)32-21-8-9-21/h2-5,7,10,12,14-15,21H,6,8-9,11,13H2,1H3,(H,29,31,37)(H,32,33,34)(H,35,38,39)/b19-12+. The lowest BCUT2D eigenvalue weighted by molar-refractivity contribution is -0.124. The molecule has 0 radical (unpaired) electrons. The first-order valence-electron chi connectivity index (χ1n) is 12.8. The van der Waals surface area contributed by atoms with Gasteiger partial charge in [-0.2, -0.15) is 14.6 Å². The zero-order valence-corrected chi connectivity index (χ0v) is 21.3. The number of rotatable bonds is 8. The van der Waals surface area contributed by atoms with Gasteiger partial charge < -0.3 is 10.6 Å². The first-order valence-corrected chi connectivity index (χ1v) is 12.8. The predicted octanol–water partition coefficient (Wildman–Crippen LogP) is 2.93. The molecule has 1 aliphatic carbocycles. The molecule has 3 aromatic heterocycles. The van der Waals surface area contributed by atoms with Gasteiger partial charge in [0.25, 0.3) is 5.91 Å². The number of nitrogens with one attached hydrogen (secondary N) is 3. The molecular weight excluding hydrogens is 496 g/mol. The number of nitrogens with zero attached hydrogens (tertiary/aromatic N) is 5. The van der Waals surface area contributed by atoms with E-state index in [0.29, 0.717) is 53.3 Å². The fraction of sp³-hybridized carbons (Fsp3) is 0.250. The molecule has 1 saturated carbocycles. The first kappa shape index (κ1) is 24.4. The van der Waals surface area contributed by atoms with E-state index in [1.165, 1.54) is 6.92 Å². The van der Waals surface area contributed by atoms with Crippen molar-refractivity contribution in [1.29, 1.82) is 0 Å². The molecule has 4 heterocycles. The van der Waals surface area contributed by atoms with Crippen LogP contribution in [-0.4, -0.2) is 48.3 Å². The van der Waals surface area contributed by atoms with Gasteiger partial charge in [-0.15, -0.1) is 0 Å². The number of aromatic nitrogens is 5. The predicted molar refractivity (Wildman–Crippen MR) is 145 cm³/mol. The van der Waals surface area contributed by atoms with Crippen LogP contribution in [0.25, 0.3) is 22.9 Å². The third-order valence-corrected chi connectivity index (χ3v) is 6.59. The molecule has 3 amide bonds. The maximum Gasteiger partial charge on any atom is 0.254 e. The van der Waals surface area contributed by atoms with Gasteiger partial charge in [0.1, 0.15) is 11.6 Å². The molecule has 11 heteroatoms. The number of fused-ring (bicyclic) bond motifs is 1. The van der Waals surface area contributed by atoms with Crippen LogP contribution in [0.4, 0.5) is 11.8 Å². The fourth-order valence-electron chi connectivity index (χ4n) is 4.54. The molecule has 1 saturated heterocycles. The Hall–Kier alpha value is -4.93. The summed E-state index contributed by atoms with van der Waals surface area (Å²) in [6.07, 6.45) is 8.51. The Bertz CT molecular complexity index is 1640. The van der Waals surface area contributed by atoms with E-state index < -0.39 is 0 Å². The van der Waals surface area contributed by atoms with Crippen molar-refractivity contribution in [2.24, 2.45) is 0 Å². The number of amides is 3. The molecule has 2 fully saturated rings. The van der Waals surface area contributed by atoms with Crippen LogP contribution in [0.5, 0.6) is 0 Å². The van der Waals surface area contributed by atoms with Crippen molar-refractivity contribution in [3.05, 3.63) is 71.3 Å². The monoisotopic (exact) mass is 522 g/mol. The molecule has 6 rings (SSSR count). The minimum Gasteiger partial charge on any atom is -0.351 e. The molecule has 0 bridgehead atoms. The van der Waals surface area contributed by atoms with Crippen LogP contribution < -0.4 is 16.0 Å². The average molecular weight is 523 g/mol. The third kappa shape index (κ3) is 5.37. The topological polar surface area (TPSA) is 143 Å². The Labute approximate surface area is 223 Å². The van der Waals surface area contributed by atoms with Crippen LogP contribution in [0.2, 0.25) is 0 Å². The molecule has 0 unspecified atom stereocenters. The summed E-state index contributed by atoms with van der Waals surface area (Å²) in [4.78, 5) is 49.0. The van der Waals surface area contributed by atoms with Crippen LogP contribution in [0, 0.1) is 0 Å². The number of pyridine rings is 1. The van der Waals surface area contributed by atoms with Crippen molar-refractivity contribution in [2.45, 2.75) is 45.1 Å². The summed E-state index contributed by atoms with van der Waals surface area (Å²) in [5.41, 5.74) is 4.73. The Kier molecular flexibility index (Phi) is 6.31. The lowest BCUT2D eigenvalue weighted by Gasteiger charge is -2.12. The number of hydrogen-bond acceptors (Lipinski definition) is 8. The summed E-state index contributed by atoms with van der Waals surface area (Å²) >= 11 is 0. The van der Waals surface area contributed by atoms with Crippen LogP contribution in [0.1, 0.15) is 43.1 Å². The van der Waals surface area contributed by atoms with E-state index >= 15 is 0 Å². The molecule has 196 valence electrons. The molecular formula is C28H26N8O3. The van der Waals surface area contributed by atoms with Gasteiger partial charge in [0.15, 0.2) is 5.65 Å². The summed E-state index contributed by atoms with van der Waals surface area (Å²) in [5.74, 6) is 0.897. The highest BCUT2D eigenvalue weighted by Crippen LogP contribution is 2.27. The molecule has 0 atom stereocenters. The number of benzene rings is 1. The Morgan fingerprint density at radius 1 is 1.10 bits per heavy atom. The second-order valence-corrected chi connectivity index (χ2v) is 9.71. The summed E-state index contributed by atoms with van der Waals surface area (Å²) < 4.78 is 1.65. The quantitative estimate of drug-likeness (QED) is 0.237. The van der Waals surface area contributed by atoms with Gasteiger partial charge in [-0.3, -0.25) is 19.7 Å². The van der Waals surface area contributed by atoms with Gasteiger partial charge in [0, 0.05) is 42.3 Å². The van der Waals surface area contributed by atoms with Crippen molar-refractivity contribution in [1.82, 2.24) is 29.9 Å². The molecule has 4 aromatic rings. The lowest BCUT2D eigenvalue weighted by Crippen LogP contribution is -2.19. The lowest BCUT2D eigenvalue weighted by atomic mass is 9.97. The molecule has 2 aliphatic rings. The smallest absolute Gasteiger partial charge is 0.254 e. The number of carbonyl (C=O) groups is 3. The van der Waals surface area contributed by atoms with Crippen molar-refractivity contribution < 1.29 is 14.4 Å². The van der Waals surface area contributed by atoms with Gasteiger partial charge in [0.05, 0.1) is 12.6 Å². The van der Waals surface area contributed by atoms with Crippen LogP contribution >= 0.6 is 0 Å². The zero-order chi connectivity index (χ0) is 26.9. The van der Waals surface area contributed by atoms with E-state index in [4.69, 9.17) is 9.97 Å². The summed E-state index contributed by atoms with van der Waals surface area (Å²) in [6, 6.07) is 12.2. The normalized spacial score (nSPS) is 16.1. The number of hydrogen-bond donors (Lipinski definition) is 3. The molecule has 3 N–H and O–H groups in total. The number of carbonyl (C=O) groups excluding carboxylic acids is 3. The van der Waals surface area contributed by atoms with Crippen molar-refractivity contribution in [3.63, 3.8) is 0 Å². The molecule has 39 heavy (non-hydrogen) atoms. The van der Waals surface area contributed by atoms with Crippen molar-refractivity contribution >= 4 is 41.2 Å². The highest BCUT2D eigenvalue weighted by Gasteiger charge is 2.26. The zero-order valence-electron chi connectivity index (χ0n) is 21.3. The second kappa shape index (κ2) is 10.1. The van der Waals surface area contributed by atoms with Gasteiger partial charge in [-0.1, -0.05) is 24.3 Å². The van der Waals surface area contributed by atoms with Gasteiger partial charge in [-0.25, -0.2) is 9.97 Å². The highest BCUT2D eigenvalue weighted by molar-refractivity contribution is 6.15. The Morgan fingerprint density at radius 3 is 2.67 bits per heavy atom. The Balaban J connectivity index is 1.29. The maximum absolute atomic E-state index is 12.1. The summed E-state index contributed by atoms with van der Waals surface area (Å²) in [7, 11) is 0. The first-order chi connectivity index (χ1) is 18.9. The van der Waals surface area contributed by atoms with Crippen LogP contribution in [0.15, 0.2) is 54.4 Å². The van der Waals surface area contributed by atoms with E-state index in [2.05, 4.69) is 32.1 Å². The maximum atomic E-state index is 12.1. The largest absolute Gasteiger partial charge is 0.351 e. The summed E-state index contributed by atoms with van der Waals surface area (Å²) in [6.45, 7) is 1.45. The fourth-order valence-corrected chi connectivity index (χ4v) is 4.54. The van der Waals surface area contributed by atoms with E-state index in [9.17, 15) is 14.4 Å². The number of anilines is 2. The van der Waals surface area contributed by atoms with E-state index in [1.54, 1.807) is 29.1 Å². The van der Waals surface area contributed by atoms with Crippen LogP contribution in [-0.2, 0) is 27.2 Å². The molecule has 0 spiro atoms.